The minimum atomic E-state index is -0.390. The highest BCUT2D eigenvalue weighted by atomic mass is 79.9. The van der Waals surface area contributed by atoms with Crippen molar-refractivity contribution in [1.82, 2.24) is 0 Å². The van der Waals surface area contributed by atoms with Crippen molar-refractivity contribution in [3.63, 3.8) is 0 Å². The zero-order valence-corrected chi connectivity index (χ0v) is 13.6. The van der Waals surface area contributed by atoms with E-state index in [2.05, 4.69) is 21.2 Å². The minimum absolute atomic E-state index is 0.0831. The van der Waals surface area contributed by atoms with E-state index in [1.54, 1.807) is 12.1 Å². The van der Waals surface area contributed by atoms with Crippen LogP contribution in [-0.2, 0) is 0 Å². The number of nitro groups is 1. The maximum atomic E-state index is 10.9. The monoisotopic (exact) mass is 346 g/mol. The van der Waals surface area contributed by atoms with Gasteiger partial charge in [-0.2, -0.15) is 0 Å². The maximum absolute atomic E-state index is 10.9. The molecule has 0 aliphatic carbocycles. The summed E-state index contributed by atoms with van der Waals surface area (Å²) in [6.07, 6.45) is 3.75. The van der Waals surface area contributed by atoms with Crippen LogP contribution in [0.3, 0.4) is 0 Å². The standard InChI is InChI=1S/C12H17BrN2O3.C2H6/c13-10-5-6-11(12(9-10)15(17)18)14-7-3-1-2-4-8-16;1-2/h5-6,9,14,16H,1-4,7-8H2;1-2H3. The van der Waals surface area contributed by atoms with Crippen LogP contribution in [0.5, 0.6) is 0 Å². The van der Waals surface area contributed by atoms with Crippen LogP contribution in [0.25, 0.3) is 0 Å². The summed E-state index contributed by atoms with van der Waals surface area (Å²) in [7, 11) is 0. The van der Waals surface area contributed by atoms with E-state index in [0.29, 0.717) is 16.7 Å². The van der Waals surface area contributed by atoms with Gasteiger partial charge in [-0.1, -0.05) is 42.6 Å². The summed E-state index contributed by atoms with van der Waals surface area (Å²) in [6.45, 7) is 4.93. The third kappa shape index (κ3) is 7.45. The summed E-state index contributed by atoms with van der Waals surface area (Å²) in [5.74, 6) is 0. The molecule has 1 aromatic rings. The smallest absolute Gasteiger partial charge is 0.293 e. The number of halogens is 1. The Hall–Kier alpha value is -1.14. The van der Waals surface area contributed by atoms with Crippen molar-refractivity contribution in [2.45, 2.75) is 39.5 Å². The average Bonchev–Trinajstić information content (AvgIpc) is 2.46. The molecule has 1 rings (SSSR count). The normalized spacial score (nSPS) is 9.60. The van der Waals surface area contributed by atoms with E-state index < -0.39 is 4.92 Å². The Balaban J connectivity index is 0.00000172. The van der Waals surface area contributed by atoms with Crippen molar-refractivity contribution in [2.75, 3.05) is 18.5 Å². The van der Waals surface area contributed by atoms with Gasteiger partial charge in [-0.05, 0) is 25.0 Å². The first-order chi connectivity index (χ1) is 9.65. The summed E-state index contributed by atoms with van der Waals surface area (Å²) in [6, 6.07) is 4.98. The van der Waals surface area contributed by atoms with Crippen LogP contribution in [0.4, 0.5) is 11.4 Å². The van der Waals surface area contributed by atoms with Crippen molar-refractivity contribution < 1.29 is 10.0 Å². The second kappa shape index (κ2) is 11.7. The van der Waals surface area contributed by atoms with E-state index in [1.807, 2.05) is 13.8 Å². The van der Waals surface area contributed by atoms with E-state index in [-0.39, 0.29) is 12.3 Å². The second-order valence-corrected chi connectivity index (χ2v) is 4.90. The van der Waals surface area contributed by atoms with Crippen LogP contribution in [0, 0.1) is 10.1 Å². The molecule has 0 fully saturated rings. The lowest BCUT2D eigenvalue weighted by molar-refractivity contribution is -0.384. The van der Waals surface area contributed by atoms with Crippen LogP contribution in [0.1, 0.15) is 39.5 Å². The molecule has 0 heterocycles. The molecule has 5 nitrogen and oxygen atoms in total. The first-order valence-corrected chi connectivity index (χ1v) is 7.73. The van der Waals surface area contributed by atoms with E-state index in [1.165, 1.54) is 6.07 Å². The van der Waals surface area contributed by atoms with Gasteiger partial charge in [0.1, 0.15) is 5.69 Å². The van der Waals surface area contributed by atoms with Crippen LogP contribution < -0.4 is 5.32 Å². The van der Waals surface area contributed by atoms with Crippen LogP contribution in [0.15, 0.2) is 22.7 Å². The Morgan fingerprint density at radius 3 is 2.50 bits per heavy atom. The van der Waals surface area contributed by atoms with Gasteiger partial charge < -0.3 is 10.4 Å². The Morgan fingerprint density at radius 2 is 1.90 bits per heavy atom. The fourth-order valence-electron chi connectivity index (χ4n) is 1.62. The Morgan fingerprint density at radius 1 is 1.25 bits per heavy atom. The molecule has 114 valence electrons. The number of unbranched alkanes of at least 4 members (excludes halogenated alkanes) is 3. The van der Waals surface area contributed by atoms with Crippen molar-refractivity contribution in [2.24, 2.45) is 0 Å². The quantitative estimate of drug-likeness (QED) is 0.416. The van der Waals surface area contributed by atoms with Gasteiger partial charge in [-0.15, -0.1) is 0 Å². The lowest BCUT2D eigenvalue weighted by atomic mass is 10.2. The molecule has 0 bridgehead atoms. The number of rotatable bonds is 8. The van der Waals surface area contributed by atoms with Crippen LogP contribution >= 0.6 is 15.9 Å². The molecule has 0 saturated carbocycles. The number of nitrogens with one attached hydrogen (secondary N) is 1. The molecule has 20 heavy (non-hydrogen) atoms. The van der Waals surface area contributed by atoms with Gasteiger partial charge in [0.2, 0.25) is 0 Å². The number of nitrogens with zero attached hydrogens (tertiary/aromatic N) is 1. The van der Waals surface area contributed by atoms with Crippen molar-refractivity contribution >= 4 is 27.3 Å². The van der Waals surface area contributed by atoms with Gasteiger partial charge in [0.05, 0.1) is 4.92 Å². The summed E-state index contributed by atoms with van der Waals surface area (Å²) in [5, 5.41) is 22.6. The maximum Gasteiger partial charge on any atom is 0.293 e. The van der Waals surface area contributed by atoms with Gasteiger partial charge in [-0.25, -0.2) is 0 Å². The predicted molar refractivity (Wildman–Crippen MR) is 86.2 cm³/mol. The number of anilines is 1. The first-order valence-electron chi connectivity index (χ1n) is 6.94. The zero-order chi connectivity index (χ0) is 15.4. The van der Waals surface area contributed by atoms with E-state index >= 15 is 0 Å². The summed E-state index contributed by atoms with van der Waals surface area (Å²) in [4.78, 5) is 10.5. The lowest BCUT2D eigenvalue weighted by Crippen LogP contribution is -2.04. The third-order valence-electron chi connectivity index (χ3n) is 2.56. The molecule has 1 aromatic carbocycles. The largest absolute Gasteiger partial charge is 0.396 e. The van der Waals surface area contributed by atoms with E-state index in [0.717, 1.165) is 25.7 Å². The number of aliphatic hydroxyl groups excluding tert-OH is 1. The average molecular weight is 347 g/mol. The second-order valence-electron chi connectivity index (χ2n) is 3.98. The van der Waals surface area contributed by atoms with Crippen molar-refractivity contribution in [3.8, 4) is 0 Å². The summed E-state index contributed by atoms with van der Waals surface area (Å²) < 4.78 is 0.697. The van der Waals surface area contributed by atoms with E-state index in [4.69, 9.17) is 5.11 Å². The molecule has 0 aliphatic rings. The van der Waals surface area contributed by atoms with Gasteiger partial charge in [0, 0.05) is 23.7 Å². The highest BCUT2D eigenvalue weighted by molar-refractivity contribution is 9.10. The summed E-state index contributed by atoms with van der Waals surface area (Å²) in [5.41, 5.74) is 0.630. The third-order valence-corrected chi connectivity index (χ3v) is 3.05. The molecule has 0 amide bonds. The lowest BCUT2D eigenvalue weighted by Gasteiger charge is -2.07. The SMILES string of the molecule is CC.O=[N+]([O-])c1cc(Br)ccc1NCCCCCCO. The zero-order valence-electron chi connectivity index (χ0n) is 12.1. The molecule has 0 radical (unpaired) electrons. The van der Waals surface area contributed by atoms with Crippen LogP contribution in [-0.4, -0.2) is 23.2 Å². The number of aliphatic hydroxyl groups is 1. The molecule has 0 atom stereocenters. The van der Waals surface area contributed by atoms with Gasteiger partial charge in [-0.3, -0.25) is 10.1 Å². The fourth-order valence-corrected chi connectivity index (χ4v) is 1.97. The Labute approximate surface area is 128 Å². The molecular weight excluding hydrogens is 324 g/mol. The van der Waals surface area contributed by atoms with E-state index in [9.17, 15) is 10.1 Å². The van der Waals surface area contributed by atoms with Gasteiger partial charge in [0.15, 0.2) is 0 Å². The molecule has 0 aliphatic heterocycles. The molecule has 0 saturated heterocycles. The predicted octanol–water partition coefficient (Wildman–Crippen LogP) is 4.35. The van der Waals surface area contributed by atoms with Gasteiger partial charge in [0.25, 0.3) is 5.69 Å². The Kier molecular flexibility index (Phi) is 11.0. The van der Waals surface area contributed by atoms with Crippen LogP contribution in [0.2, 0.25) is 0 Å². The van der Waals surface area contributed by atoms with Crippen molar-refractivity contribution in [3.05, 3.63) is 32.8 Å². The highest BCUT2D eigenvalue weighted by Gasteiger charge is 2.13. The minimum Gasteiger partial charge on any atom is -0.396 e. The number of benzene rings is 1. The molecule has 2 N–H and O–H groups in total. The summed E-state index contributed by atoms with van der Waals surface area (Å²) >= 11 is 3.22. The van der Waals surface area contributed by atoms with Gasteiger partial charge >= 0.3 is 0 Å². The first kappa shape index (κ1) is 18.9. The Bertz CT molecular complexity index is 400. The topological polar surface area (TPSA) is 75.4 Å². The molecule has 6 heteroatoms. The molecule has 0 aromatic heterocycles. The highest BCUT2D eigenvalue weighted by Crippen LogP contribution is 2.27. The molecule has 0 spiro atoms. The number of hydrogen-bond acceptors (Lipinski definition) is 4. The number of nitro benzene ring substituents is 1. The molecular formula is C14H23BrN2O3. The molecule has 0 unspecified atom stereocenters. The van der Waals surface area contributed by atoms with Crippen molar-refractivity contribution in [1.29, 1.82) is 0 Å². The number of hydrogen-bond donors (Lipinski definition) is 2. The fraction of sp³-hybridized carbons (Fsp3) is 0.571.